The van der Waals surface area contributed by atoms with Crippen LogP contribution < -0.4 is 14.8 Å². The Hall–Kier alpha value is -5.60. The number of carbonyl (C=O) groups excluding carboxylic acids is 2. The second-order valence-electron chi connectivity index (χ2n) is 11.0. The maximum absolute atomic E-state index is 13.5. The van der Waals surface area contributed by atoms with Crippen molar-refractivity contribution in [3.63, 3.8) is 0 Å². The summed E-state index contributed by atoms with van der Waals surface area (Å²) in [5.74, 6) is 0.378. The molecule has 3 N–H and O–H groups in total. The third-order valence-electron chi connectivity index (χ3n) is 8.03. The molecule has 2 amide bonds. The van der Waals surface area contributed by atoms with Crippen LogP contribution in [0.3, 0.4) is 0 Å². The first-order chi connectivity index (χ1) is 22.1. The van der Waals surface area contributed by atoms with Crippen molar-refractivity contribution < 1.29 is 24.2 Å². The van der Waals surface area contributed by atoms with E-state index in [1.165, 1.54) is 0 Å². The Bertz CT molecular complexity index is 2060. The number of aromatic nitrogens is 2. The lowest BCUT2D eigenvalue weighted by molar-refractivity contribution is -0.122. The molecule has 8 nitrogen and oxygen atoms in total. The lowest BCUT2D eigenvalue weighted by Crippen LogP contribution is -2.22. The van der Waals surface area contributed by atoms with Gasteiger partial charge in [-0.1, -0.05) is 60.7 Å². The number of fused-ring (bicyclic) bond motifs is 2. The average molecular weight is 598 g/mol. The first-order valence-electron chi connectivity index (χ1n) is 14.9. The van der Waals surface area contributed by atoms with Gasteiger partial charge < -0.3 is 24.1 Å². The molecule has 0 atom stereocenters. The molecule has 0 saturated carbocycles. The molecule has 1 aliphatic rings. The number of ether oxygens (including phenoxy) is 2. The normalized spacial score (nSPS) is 13.2. The molecular formula is C37H31N3O5. The van der Waals surface area contributed by atoms with E-state index in [0.717, 1.165) is 32.9 Å². The van der Waals surface area contributed by atoms with Gasteiger partial charge in [0.1, 0.15) is 24.7 Å². The Morgan fingerprint density at radius 2 is 1.29 bits per heavy atom. The van der Waals surface area contributed by atoms with Gasteiger partial charge in [-0.25, -0.2) is 0 Å². The number of aryl methyl sites for hydroxylation is 1. The molecule has 0 spiro atoms. The Morgan fingerprint density at radius 1 is 0.689 bits per heavy atom. The van der Waals surface area contributed by atoms with Gasteiger partial charge in [-0.05, 0) is 53.9 Å². The van der Waals surface area contributed by atoms with Crippen molar-refractivity contribution >= 4 is 44.8 Å². The molecule has 8 heteroatoms. The minimum Gasteiger partial charge on any atom is -0.489 e. The van der Waals surface area contributed by atoms with Crippen LogP contribution in [0.1, 0.15) is 28.7 Å². The predicted molar refractivity (Wildman–Crippen MR) is 173 cm³/mol. The molecule has 6 aromatic rings. The number of imide groups is 1. The van der Waals surface area contributed by atoms with Gasteiger partial charge in [-0.3, -0.25) is 14.9 Å². The number of carbonyl (C=O) groups is 2. The molecule has 1 aliphatic heterocycles. The van der Waals surface area contributed by atoms with Crippen LogP contribution >= 0.6 is 0 Å². The largest absolute Gasteiger partial charge is 0.489 e. The van der Waals surface area contributed by atoms with Crippen LogP contribution in [-0.2, 0) is 29.3 Å². The molecule has 0 saturated heterocycles. The predicted octanol–water partition coefficient (Wildman–Crippen LogP) is 6.23. The fraction of sp³-hybridized carbons (Fsp3) is 0.135. The van der Waals surface area contributed by atoms with E-state index in [2.05, 4.69) is 10.3 Å². The van der Waals surface area contributed by atoms with E-state index in [0.29, 0.717) is 60.0 Å². The molecule has 0 radical (unpaired) electrons. The Morgan fingerprint density at radius 3 is 1.93 bits per heavy atom. The van der Waals surface area contributed by atoms with Gasteiger partial charge in [0.05, 0.1) is 11.1 Å². The molecule has 0 unspecified atom stereocenters. The first kappa shape index (κ1) is 28.2. The fourth-order valence-electron chi connectivity index (χ4n) is 5.84. The highest BCUT2D eigenvalue weighted by atomic mass is 16.5. The second-order valence-corrected chi connectivity index (χ2v) is 11.0. The molecule has 0 aliphatic carbocycles. The zero-order valence-corrected chi connectivity index (χ0v) is 24.5. The topological polar surface area (TPSA) is 106 Å². The molecule has 0 bridgehead atoms. The highest BCUT2D eigenvalue weighted by molar-refractivity contribution is 6.50. The number of H-pyrrole nitrogens is 1. The van der Waals surface area contributed by atoms with Crippen LogP contribution in [0.25, 0.3) is 33.0 Å². The summed E-state index contributed by atoms with van der Waals surface area (Å²) >= 11 is 0. The number of nitrogens with zero attached hydrogens (tertiary/aromatic N) is 1. The van der Waals surface area contributed by atoms with Crippen LogP contribution in [0.4, 0.5) is 0 Å². The molecule has 0 fully saturated rings. The minimum atomic E-state index is -0.461. The molecule has 7 rings (SSSR count). The summed E-state index contributed by atoms with van der Waals surface area (Å²) in [5, 5.41) is 13.6. The third kappa shape index (κ3) is 5.59. The van der Waals surface area contributed by atoms with Gasteiger partial charge >= 0.3 is 0 Å². The summed E-state index contributed by atoms with van der Waals surface area (Å²) in [4.78, 5) is 30.2. The number of benzene rings is 4. The summed E-state index contributed by atoms with van der Waals surface area (Å²) in [5.41, 5.74) is 5.60. The summed E-state index contributed by atoms with van der Waals surface area (Å²) in [6.07, 6.45) is 4.19. The third-order valence-corrected chi connectivity index (χ3v) is 8.03. The van der Waals surface area contributed by atoms with Gasteiger partial charge in [-0.2, -0.15) is 0 Å². The Labute approximate surface area is 259 Å². The van der Waals surface area contributed by atoms with E-state index < -0.39 is 11.8 Å². The highest BCUT2D eigenvalue weighted by Crippen LogP contribution is 2.40. The van der Waals surface area contributed by atoms with Crippen molar-refractivity contribution in [1.29, 1.82) is 0 Å². The molecule has 3 heterocycles. The highest BCUT2D eigenvalue weighted by Gasteiger charge is 2.35. The van der Waals surface area contributed by atoms with Crippen LogP contribution in [-0.4, -0.2) is 33.1 Å². The van der Waals surface area contributed by atoms with Crippen molar-refractivity contribution in [2.75, 3.05) is 6.61 Å². The lowest BCUT2D eigenvalue weighted by atomic mass is 9.95. The number of hydrogen-bond donors (Lipinski definition) is 3. The van der Waals surface area contributed by atoms with Gasteiger partial charge in [0, 0.05) is 58.5 Å². The summed E-state index contributed by atoms with van der Waals surface area (Å²) in [6.45, 7) is 1.37. The van der Waals surface area contributed by atoms with Crippen LogP contribution in [0.15, 0.2) is 109 Å². The second kappa shape index (κ2) is 12.2. The van der Waals surface area contributed by atoms with Gasteiger partial charge in [0.2, 0.25) is 0 Å². The zero-order chi connectivity index (χ0) is 30.8. The van der Waals surface area contributed by atoms with E-state index in [-0.39, 0.29) is 6.61 Å². The van der Waals surface area contributed by atoms with Crippen LogP contribution in [0.2, 0.25) is 0 Å². The van der Waals surface area contributed by atoms with E-state index >= 15 is 0 Å². The van der Waals surface area contributed by atoms with Gasteiger partial charge in [0.15, 0.2) is 0 Å². The first-order valence-corrected chi connectivity index (χ1v) is 14.9. The zero-order valence-electron chi connectivity index (χ0n) is 24.5. The molecule has 45 heavy (non-hydrogen) atoms. The number of hydrogen-bond acceptors (Lipinski definition) is 5. The number of nitrogens with one attached hydrogen (secondary N) is 2. The summed E-state index contributed by atoms with van der Waals surface area (Å²) in [7, 11) is 0. The van der Waals surface area contributed by atoms with Crippen LogP contribution in [0.5, 0.6) is 11.5 Å². The summed E-state index contributed by atoms with van der Waals surface area (Å²) in [6, 6.07) is 31.2. The SMILES string of the molecule is O=C1NC(=O)C(c2cn(CCCO)c3ccc(OCc4ccccc4)cc23)=C1c1c[nH]c2ccc(OCc3ccccc3)cc12. The van der Waals surface area contributed by atoms with E-state index in [4.69, 9.17) is 9.47 Å². The van der Waals surface area contributed by atoms with Crippen molar-refractivity contribution in [3.8, 4) is 11.5 Å². The number of amides is 2. The molecule has 2 aromatic heterocycles. The monoisotopic (exact) mass is 597 g/mol. The van der Waals surface area contributed by atoms with Crippen molar-refractivity contribution in [1.82, 2.24) is 14.9 Å². The molecule has 4 aromatic carbocycles. The van der Waals surface area contributed by atoms with Crippen LogP contribution in [0, 0.1) is 0 Å². The number of rotatable bonds is 11. The Kier molecular flexibility index (Phi) is 7.63. The van der Waals surface area contributed by atoms with Crippen molar-refractivity contribution in [2.45, 2.75) is 26.2 Å². The standard InChI is InChI=1S/C37H31N3O5/c41-17-7-16-40-21-31(29-19-27(13-15-33(29)40)45-23-25-10-5-2-6-11-25)35-34(36(42)39-37(35)43)30-20-38-32-14-12-26(18-28(30)32)44-22-24-8-3-1-4-9-24/h1-6,8-15,18-21,38,41H,7,16-17,22-23H2,(H,39,42,43). The van der Waals surface area contributed by atoms with Gasteiger partial charge in [0.25, 0.3) is 11.8 Å². The van der Waals surface area contributed by atoms with E-state index in [1.807, 2.05) is 108 Å². The quantitative estimate of drug-likeness (QED) is 0.154. The van der Waals surface area contributed by atoms with E-state index in [1.54, 1.807) is 6.20 Å². The summed E-state index contributed by atoms with van der Waals surface area (Å²) < 4.78 is 14.2. The Balaban J connectivity index is 1.31. The van der Waals surface area contributed by atoms with Crippen molar-refractivity contribution in [3.05, 3.63) is 132 Å². The smallest absolute Gasteiger partial charge is 0.259 e. The maximum Gasteiger partial charge on any atom is 0.259 e. The minimum absolute atomic E-state index is 0.0320. The lowest BCUT2D eigenvalue weighted by Gasteiger charge is -2.09. The number of aliphatic hydroxyl groups is 1. The van der Waals surface area contributed by atoms with Crippen molar-refractivity contribution in [2.24, 2.45) is 0 Å². The average Bonchev–Trinajstić information content (AvgIpc) is 3.74. The molecular weight excluding hydrogens is 566 g/mol. The number of aromatic amines is 1. The van der Waals surface area contributed by atoms with E-state index in [9.17, 15) is 14.7 Å². The maximum atomic E-state index is 13.5. The van der Waals surface area contributed by atoms with Gasteiger partial charge in [-0.15, -0.1) is 0 Å². The number of aliphatic hydroxyl groups excluding tert-OH is 1. The fourth-order valence-corrected chi connectivity index (χ4v) is 5.84. The molecule has 224 valence electrons.